The highest BCUT2D eigenvalue weighted by Crippen LogP contribution is 2.54. The van der Waals surface area contributed by atoms with Crippen molar-refractivity contribution in [2.24, 2.45) is 11.3 Å². The Hall–Kier alpha value is -0.850. The maximum absolute atomic E-state index is 12.1. The van der Waals surface area contributed by atoms with Gasteiger partial charge in [-0.25, -0.2) is 0 Å². The summed E-state index contributed by atoms with van der Waals surface area (Å²) in [5.74, 6) is 0.926. The van der Waals surface area contributed by atoms with E-state index in [2.05, 4.69) is 33.8 Å². The highest BCUT2D eigenvalue weighted by molar-refractivity contribution is 6.00. The van der Waals surface area contributed by atoms with Crippen LogP contribution in [0.3, 0.4) is 0 Å². The van der Waals surface area contributed by atoms with Crippen molar-refractivity contribution in [3.8, 4) is 0 Å². The highest BCUT2D eigenvalue weighted by atomic mass is 16.1. The maximum atomic E-state index is 12.1. The summed E-state index contributed by atoms with van der Waals surface area (Å²) >= 11 is 0. The van der Waals surface area contributed by atoms with Crippen molar-refractivity contribution in [3.05, 3.63) is 22.8 Å². The minimum absolute atomic E-state index is 0.176. The molecule has 1 spiro atoms. The van der Waals surface area contributed by atoms with Crippen molar-refractivity contribution in [3.63, 3.8) is 0 Å². The average molecular weight is 218 g/mol. The number of hydrogen-bond acceptors (Lipinski definition) is 1. The molecule has 0 amide bonds. The number of carbonyl (C=O) groups is 1. The number of carbonyl (C=O) groups excluding carboxylic acids is 1. The topological polar surface area (TPSA) is 17.1 Å². The molecule has 88 valence electrons. The Morgan fingerprint density at radius 1 is 1.44 bits per heavy atom. The van der Waals surface area contributed by atoms with Crippen molar-refractivity contribution in [1.29, 1.82) is 0 Å². The number of rotatable bonds is 0. The standard InChI is InChI=1S/C15H22O/c1-10(2)14-13(16)9-12(4)15(14)7-5-11(3)6-8-15/h5,12H,6-9H2,1-4H3/t12-,15-/m1/s1. The van der Waals surface area contributed by atoms with Gasteiger partial charge in [-0.3, -0.25) is 4.79 Å². The van der Waals surface area contributed by atoms with Gasteiger partial charge >= 0.3 is 0 Å². The third kappa shape index (κ3) is 1.57. The largest absolute Gasteiger partial charge is 0.295 e. The van der Waals surface area contributed by atoms with Gasteiger partial charge in [-0.05, 0) is 46.0 Å². The molecule has 0 N–H and O–H groups in total. The van der Waals surface area contributed by atoms with E-state index in [4.69, 9.17) is 0 Å². The third-order valence-corrected chi connectivity index (χ3v) is 4.49. The summed E-state index contributed by atoms with van der Waals surface area (Å²) in [6, 6.07) is 0. The molecule has 1 heteroatoms. The molecule has 1 saturated carbocycles. The predicted molar refractivity (Wildman–Crippen MR) is 67.2 cm³/mol. The molecule has 0 aliphatic heterocycles. The highest BCUT2D eigenvalue weighted by Gasteiger charge is 2.48. The molecule has 0 aromatic rings. The predicted octanol–water partition coefficient (Wildman–Crippen LogP) is 4.05. The van der Waals surface area contributed by atoms with E-state index in [1.54, 1.807) is 0 Å². The molecule has 0 bridgehead atoms. The van der Waals surface area contributed by atoms with Crippen LogP contribution in [-0.2, 0) is 4.79 Å². The summed E-state index contributed by atoms with van der Waals surface area (Å²) in [5, 5.41) is 0. The quantitative estimate of drug-likeness (QED) is 0.443. The van der Waals surface area contributed by atoms with Crippen LogP contribution in [0.1, 0.15) is 53.4 Å². The van der Waals surface area contributed by atoms with Gasteiger partial charge in [-0.15, -0.1) is 0 Å². The van der Waals surface area contributed by atoms with E-state index >= 15 is 0 Å². The fourth-order valence-corrected chi connectivity index (χ4v) is 3.53. The molecule has 0 unspecified atom stereocenters. The zero-order chi connectivity index (χ0) is 11.9. The molecule has 0 aromatic carbocycles. The van der Waals surface area contributed by atoms with Gasteiger partial charge < -0.3 is 0 Å². The molecule has 0 radical (unpaired) electrons. The van der Waals surface area contributed by atoms with Gasteiger partial charge in [-0.2, -0.15) is 0 Å². The van der Waals surface area contributed by atoms with E-state index in [9.17, 15) is 4.79 Å². The second kappa shape index (κ2) is 3.87. The molecule has 0 heterocycles. The summed E-state index contributed by atoms with van der Waals surface area (Å²) in [7, 11) is 0. The maximum Gasteiger partial charge on any atom is 0.159 e. The molecular formula is C15H22O. The van der Waals surface area contributed by atoms with Crippen molar-refractivity contribution in [1.82, 2.24) is 0 Å². The van der Waals surface area contributed by atoms with Gasteiger partial charge in [0.2, 0.25) is 0 Å². The van der Waals surface area contributed by atoms with Crippen LogP contribution in [0.15, 0.2) is 22.8 Å². The van der Waals surface area contributed by atoms with Crippen LogP contribution < -0.4 is 0 Å². The third-order valence-electron chi connectivity index (χ3n) is 4.49. The van der Waals surface area contributed by atoms with E-state index in [0.717, 1.165) is 24.8 Å². The lowest BCUT2D eigenvalue weighted by Gasteiger charge is -2.37. The molecule has 2 atom stereocenters. The van der Waals surface area contributed by atoms with Gasteiger partial charge in [0.15, 0.2) is 5.78 Å². The fraction of sp³-hybridized carbons (Fsp3) is 0.667. The second-order valence-electron chi connectivity index (χ2n) is 5.81. The van der Waals surface area contributed by atoms with Crippen molar-refractivity contribution < 1.29 is 4.79 Å². The summed E-state index contributed by atoms with van der Waals surface area (Å²) in [6.45, 7) is 8.65. The molecule has 2 rings (SSSR count). The van der Waals surface area contributed by atoms with E-state index in [-0.39, 0.29) is 5.41 Å². The lowest BCUT2D eigenvalue weighted by molar-refractivity contribution is -0.114. The van der Waals surface area contributed by atoms with Crippen LogP contribution in [0.5, 0.6) is 0 Å². The van der Waals surface area contributed by atoms with Gasteiger partial charge in [-0.1, -0.05) is 24.1 Å². The summed E-state index contributed by atoms with van der Waals surface area (Å²) in [4.78, 5) is 12.1. The number of ketones is 1. The fourth-order valence-electron chi connectivity index (χ4n) is 3.53. The first-order valence-corrected chi connectivity index (χ1v) is 6.34. The van der Waals surface area contributed by atoms with E-state index in [1.807, 2.05) is 0 Å². The summed E-state index contributed by atoms with van der Waals surface area (Å²) < 4.78 is 0. The van der Waals surface area contributed by atoms with Crippen molar-refractivity contribution >= 4 is 5.78 Å². The second-order valence-corrected chi connectivity index (χ2v) is 5.81. The monoisotopic (exact) mass is 218 g/mol. The van der Waals surface area contributed by atoms with Crippen LogP contribution in [0.25, 0.3) is 0 Å². The smallest absolute Gasteiger partial charge is 0.159 e. The molecule has 2 aliphatic rings. The molecular weight excluding hydrogens is 196 g/mol. The van der Waals surface area contributed by atoms with Gasteiger partial charge in [0.1, 0.15) is 0 Å². The van der Waals surface area contributed by atoms with Crippen molar-refractivity contribution in [2.75, 3.05) is 0 Å². The lowest BCUT2D eigenvalue weighted by atomic mass is 9.66. The minimum Gasteiger partial charge on any atom is -0.295 e. The zero-order valence-electron chi connectivity index (χ0n) is 10.9. The SMILES string of the molecule is CC1=CC[C@]2(CC1)C(=C(C)C)C(=O)C[C@H]2C. The van der Waals surface area contributed by atoms with Crippen molar-refractivity contribution in [2.45, 2.75) is 53.4 Å². The van der Waals surface area contributed by atoms with Gasteiger partial charge in [0.05, 0.1) is 0 Å². The van der Waals surface area contributed by atoms with Crippen LogP contribution in [-0.4, -0.2) is 5.78 Å². The number of Topliss-reactive ketones (excluding diaryl/α,β-unsaturated/α-hetero) is 1. The van der Waals surface area contributed by atoms with Gasteiger partial charge in [0, 0.05) is 17.4 Å². The molecule has 0 aromatic heterocycles. The Balaban J connectivity index is 2.46. The average Bonchev–Trinajstić information content (AvgIpc) is 2.43. The zero-order valence-corrected chi connectivity index (χ0v) is 10.9. The first-order valence-electron chi connectivity index (χ1n) is 6.34. The van der Waals surface area contributed by atoms with Crippen LogP contribution in [0.2, 0.25) is 0 Å². The molecule has 2 aliphatic carbocycles. The number of allylic oxidation sites excluding steroid dienone is 4. The summed E-state index contributed by atoms with van der Waals surface area (Å²) in [5.41, 5.74) is 4.06. The first kappa shape index (κ1) is 11.6. The Kier molecular flexibility index (Phi) is 2.81. The Morgan fingerprint density at radius 2 is 2.12 bits per heavy atom. The normalized spacial score (nSPS) is 34.5. The van der Waals surface area contributed by atoms with Gasteiger partial charge in [0.25, 0.3) is 0 Å². The Bertz CT molecular complexity index is 382. The van der Waals surface area contributed by atoms with E-state index in [1.165, 1.54) is 17.6 Å². The first-order chi connectivity index (χ1) is 7.47. The Morgan fingerprint density at radius 3 is 2.62 bits per heavy atom. The lowest BCUT2D eigenvalue weighted by Crippen LogP contribution is -2.28. The number of hydrogen-bond donors (Lipinski definition) is 0. The molecule has 1 fully saturated rings. The van der Waals surface area contributed by atoms with Crippen LogP contribution >= 0.6 is 0 Å². The van der Waals surface area contributed by atoms with E-state index in [0.29, 0.717) is 11.7 Å². The summed E-state index contributed by atoms with van der Waals surface area (Å²) in [6.07, 6.45) is 6.51. The van der Waals surface area contributed by atoms with Crippen LogP contribution in [0, 0.1) is 11.3 Å². The minimum atomic E-state index is 0.176. The Labute approximate surface area is 98.6 Å². The molecule has 0 saturated heterocycles. The molecule has 1 nitrogen and oxygen atoms in total. The van der Waals surface area contributed by atoms with E-state index < -0.39 is 0 Å². The van der Waals surface area contributed by atoms with Crippen LogP contribution in [0.4, 0.5) is 0 Å². The molecule has 16 heavy (non-hydrogen) atoms.